The Bertz CT molecular complexity index is 514. The van der Waals surface area contributed by atoms with E-state index in [2.05, 4.69) is 10.3 Å². The fourth-order valence-corrected chi connectivity index (χ4v) is 2.81. The molecule has 1 aromatic rings. The number of hydrogen-bond acceptors (Lipinski definition) is 4. The van der Waals surface area contributed by atoms with Crippen LogP contribution in [0.3, 0.4) is 0 Å². The Morgan fingerprint density at radius 3 is 3.14 bits per heavy atom. The zero-order valence-corrected chi connectivity index (χ0v) is 11.8. The Balaban J connectivity index is 1.55. The highest BCUT2D eigenvalue weighted by Gasteiger charge is 2.35. The van der Waals surface area contributed by atoms with Crippen molar-refractivity contribution < 1.29 is 14.3 Å². The number of carbonyl (C=O) groups is 2. The van der Waals surface area contributed by atoms with Crippen LogP contribution in [0, 0.1) is 5.92 Å². The van der Waals surface area contributed by atoms with Gasteiger partial charge in [-0.1, -0.05) is 0 Å². The summed E-state index contributed by atoms with van der Waals surface area (Å²) in [6.45, 7) is 1.73. The van der Waals surface area contributed by atoms with Crippen LogP contribution >= 0.6 is 0 Å². The molecule has 1 N–H and O–H groups in total. The molecule has 2 saturated heterocycles. The maximum atomic E-state index is 12.2. The van der Waals surface area contributed by atoms with Gasteiger partial charge in [0.15, 0.2) is 0 Å². The van der Waals surface area contributed by atoms with Gasteiger partial charge in [0.2, 0.25) is 11.8 Å². The van der Waals surface area contributed by atoms with Crippen molar-refractivity contribution in [2.45, 2.75) is 25.4 Å². The molecule has 6 nitrogen and oxygen atoms in total. The Labute approximate surface area is 123 Å². The van der Waals surface area contributed by atoms with Gasteiger partial charge in [0.1, 0.15) is 0 Å². The van der Waals surface area contributed by atoms with Gasteiger partial charge in [-0.05, 0) is 25.0 Å². The first-order valence-electron chi connectivity index (χ1n) is 7.34. The summed E-state index contributed by atoms with van der Waals surface area (Å²) in [6, 6.07) is 3.62. The minimum atomic E-state index is -0.292. The van der Waals surface area contributed by atoms with E-state index in [1.54, 1.807) is 23.4 Å². The second kappa shape index (κ2) is 6.22. The Morgan fingerprint density at radius 1 is 1.52 bits per heavy atom. The lowest BCUT2D eigenvalue weighted by molar-refractivity contribution is -0.126. The molecule has 3 heterocycles. The van der Waals surface area contributed by atoms with Crippen LogP contribution in [0.1, 0.15) is 19.3 Å². The summed E-state index contributed by atoms with van der Waals surface area (Å²) in [6.07, 6.45) is 5.73. The molecule has 21 heavy (non-hydrogen) atoms. The summed E-state index contributed by atoms with van der Waals surface area (Å²) in [5.41, 5.74) is 0.747. The van der Waals surface area contributed by atoms with E-state index >= 15 is 0 Å². The average molecular weight is 289 g/mol. The summed E-state index contributed by atoms with van der Waals surface area (Å²) in [5.74, 6) is -0.385. The van der Waals surface area contributed by atoms with Gasteiger partial charge in [0, 0.05) is 32.3 Å². The topological polar surface area (TPSA) is 71.5 Å². The standard InChI is InChI=1S/C15H19N3O3/c19-14-7-11(10-18(14)12-3-1-5-16-8-12)15(20)17-9-13-4-2-6-21-13/h1,3,5,8,11,13H,2,4,6-7,9-10H2,(H,17,20). The Kier molecular flexibility index (Phi) is 4.15. The van der Waals surface area contributed by atoms with Gasteiger partial charge in [0.25, 0.3) is 0 Å². The molecule has 2 fully saturated rings. The van der Waals surface area contributed by atoms with Crippen LogP contribution < -0.4 is 10.2 Å². The van der Waals surface area contributed by atoms with Gasteiger partial charge in [-0.25, -0.2) is 0 Å². The van der Waals surface area contributed by atoms with Crippen molar-refractivity contribution in [1.29, 1.82) is 0 Å². The van der Waals surface area contributed by atoms with Crippen LogP contribution in [-0.2, 0) is 14.3 Å². The quantitative estimate of drug-likeness (QED) is 0.887. The number of nitrogens with one attached hydrogen (secondary N) is 1. The van der Waals surface area contributed by atoms with E-state index in [-0.39, 0.29) is 30.3 Å². The molecule has 0 saturated carbocycles. The number of ether oxygens (including phenoxy) is 1. The number of rotatable bonds is 4. The SMILES string of the molecule is O=C(NCC1CCCO1)C1CC(=O)N(c2cccnc2)C1. The van der Waals surface area contributed by atoms with E-state index in [4.69, 9.17) is 4.74 Å². The summed E-state index contributed by atoms with van der Waals surface area (Å²) in [4.78, 5) is 29.8. The highest BCUT2D eigenvalue weighted by molar-refractivity contribution is 6.00. The largest absolute Gasteiger partial charge is 0.376 e. The van der Waals surface area contributed by atoms with Crippen molar-refractivity contribution in [3.63, 3.8) is 0 Å². The van der Waals surface area contributed by atoms with Crippen LogP contribution in [0.4, 0.5) is 5.69 Å². The van der Waals surface area contributed by atoms with Crippen LogP contribution in [0.25, 0.3) is 0 Å². The number of pyridine rings is 1. The van der Waals surface area contributed by atoms with E-state index in [1.807, 2.05) is 6.07 Å². The number of carbonyl (C=O) groups excluding carboxylic acids is 2. The Hall–Kier alpha value is -1.95. The second-order valence-electron chi connectivity index (χ2n) is 5.50. The molecule has 0 bridgehead atoms. The predicted molar refractivity (Wildman–Crippen MR) is 76.7 cm³/mol. The average Bonchev–Trinajstić information content (AvgIpc) is 3.15. The lowest BCUT2D eigenvalue weighted by Crippen LogP contribution is -2.37. The van der Waals surface area contributed by atoms with Crippen LogP contribution in [0.2, 0.25) is 0 Å². The molecule has 2 amide bonds. The fourth-order valence-electron chi connectivity index (χ4n) is 2.81. The molecular formula is C15H19N3O3. The molecule has 3 rings (SSSR count). The summed E-state index contributed by atoms with van der Waals surface area (Å²) < 4.78 is 5.48. The maximum Gasteiger partial charge on any atom is 0.227 e. The van der Waals surface area contributed by atoms with Crippen LogP contribution in [-0.4, -0.2) is 42.6 Å². The van der Waals surface area contributed by atoms with Gasteiger partial charge >= 0.3 is 0 Å². The molecule has 2 atom stereocenters. The molecule has 112 valence electrons. The number of nitrogens with zero attached hydrogens (tertiary/aromatic N) is 2. The van der Waals surface area contributed by atoms with Crippen molar-refractivity contribution in [2.75, 3.05) is 24.6 Å². The van der Waals surface area contributed by atoms with E-state index in [9.17, 15) is 9.59 Å². The smallest absolute Gasteiger partial charge is 0.227 e. The molecular weight excluding hydrogens is 270 g/mol. The van der Waals surface area contributed by atoms with Gasteiger partial charge in [-0.2, -0.15) is 0 Å². The fraction of sp³-hybridized carbons (Fsp3) is 0.533. The zero-order chi connectivity index (χ0) is 14.7. The van der Waals surface area contributed by atoms with Crippen molar-refractivity contribution in [3.05, 3.63) is 24.5 Å². The first-order chi connectivity index (χ1) is 10.2. The molecule has 0 aliphatic carbocycles. The number of hydrogen-bond donors (Lipinski definition) is 1. The molecule has 2 aliphatic rings. The summed E-state index contributed by atoms with van der Waals surface area (Å²) in [5, 5.41) is 2.90. The number of anilines is 1. The lowest BCUT2D eigenvalue weighted by atomic mass is 10.1. The Morgan fingerprint density at radius 2 is 2.43 bits per heavy atom. The third-order valence-corrected chi connectivity index (χ3v) is 3.98. The molecule has 2 unspecified atom stereocenters. The van der Waals surface area contributed by atoms with Crippen LogP contribution in [0.15, 0.2) is 24.5 Å². The third-order valence-electron chi connectivity index (χ3n) is 3.98. The van der Waals surface area contributed by atoms with Gasteiger partial charge in [0.05, 0.1) is 23.9 Å². The summed E-state index contributed by atoms with van der Waals surface area (Å²) >= 11 is 0. The molecule has 0 spiro atoms. The molecule has 0 aromatic carbocycles. The second-order valence-corrected chi connectivity index (χ2v) is 5.50. The minimum Gasteiger partial charge on any atom is -0.376 e. The number of amides is 2. The van der Waals surface area contributed by atoms with Gasteiger partial charge in [-0.3, -0.25) is 14.6 Å². The van der Waals surface area contributed by atoms with Crippen LogP contribution in [0.5, 0.6) is 0 Å². The third kappa shape index (κ3) is 3.21. The molecule has 2 aliphatic heterocycles. The molecule has 1 aromatic heterocycles. The summed E-state index contributed by atoms with van der Waals surface area (Å²) in [7, 11) is 0. The maximum absolute atomic E-state index is 12.2. The first kappa shape index (κ1) is 14.0. The monoisotopic (exact) mass is 289 g/mol. The van der Waals surface area contributed by atoms with Crippen molar-refractivity contribution >= 4 is 17.5 Å². The van der Waals surface area contributed by atoms with Crippen molar-refractivity contribution in [3.8, 4) is 0 Å². The minimum absolute atomic E-state index is 0.0275. The normalized spacial score (nSPS) is 25.3. The molecule has 6 heteroatoms. The predicted octanol–water partition coefficient (Wildman–Crippen LogP) is 0.730. The van der Waals surface area contributed by atoms with Crippen molar-refractivity contribution in [2.24, 2.45) is 5.92 Å². The van der Waals surface area contributed by atoms with Gasteiger partial charge in [-0.15, -0.1) is 0 Å². The molecule has 0 radical (unpaired) electrons. The van der Waals surface area contributed by atoms with E-state index in [1.165, 1.54) is 0 Å². The van der Waals surface area contributed by atoms with Gasteiger partial charge < -0.3 is 15.0 Å². The lowest BCUT2D eigenvalue weighted by Gasteiger charge is -2.16. The highest BCUT2D eigenvalue weighted by Crippen LogP contribution is 2.24. The van der Waals surface area contributed by atoms with E-state index in [0.29, 0.717) is 13.1 Å². The van der Waals surface area contributed by atoms with E-state index < -0.39 is 0 Å². The van der Waals surface area contributed by atoms with E-state index in [0.717, 1.165) is 25.1 Å². The highest BCUT2D eigenvalue weighted by atomic mass is 16.5. The first-order valence-corrected chi connectivity index (χ1v) is 7.34. The van der Waals surface area contributed by atoms with Crippen molar-refractivity contribution in [1.82, 2.24) is 10.3 Å². The zero-order valence-electron chi connectivity index (χ0n) is 11.8. The number of aromatic nitrogens is 1.